The fourth-order valence-corrected chi connectivity index (χ4v) is 2.23. The van der Waals surface area contributed by atoms with Crippen molar-refractivity contribution in [2.24, 2.45) is 5.10 Å². The van der Waals surface area contributed by atoms with Crippen LogP contribution in [-0.4, -0.2) is 17.5 Å². The molecule has 0 radical (unpaired) electrons. The Labute approximate surface area is 118 Å². The van der Waals surface area contributed by atoms with Crippen molar-refractivity contribution in [2.75, 3.05) is 5.32 Å². The molecule has 5 heteroatoms. The lowest BCUT2D eigenvalue weighted by Crippen LogP contribution is -2.33. The molecule has 5 nitrogen and oxygen atoms in total. The lowest BCUT2D eigenvalue weighted by molar-refractivity contribution is -0.121. The molecule has 0 saturated carbocycles. The predicted octanol–water partition coefficient (Wildman–Crippen LogP) is 2.12. The second-order valence-electron chi connectivity index (χ2n) is 5.18. The number of anilines is 1. The van der Waals surface area contributed by atoms with E-state index in [0.29, 0.717) is 18.6 Å². The zero-order valence-electron chi connectivity index (χ0n) is 12.3. The molecule has 1 aliphatic rings. The first-order valence-corrected chi connectivity index (χ1v) is 6.64. The van der Waals surface area contributed by atoms with Gasteiger partial charge in [-0.05, 0) is 49.9 Å². The number of carbonyl (C=O) groups excluding carboxylic acids is 2. The minimum Gasteiger partial charge on any atom is -0.320 e. The molecule has 1 aliphatic heterocycles. The van der Waals surface area contributed by atoms with Gasteiger partial charge in [-0.2, -0.15) is 5.10 Å². The summed E-state index contributed by atoms with van der Waals surface area (Å²) in [6.45, 7) is 8.02. The van der Waals surface area contributed by atoms with Crippen molar-refractivity contribution in [3.63, 3.8) is 0 Å². The van der Waals surface area contributed by atoms with Gasteiger partial charge in [-0.3, -0.25) is 9.59 Å². The molecule has 0 aliphatic carbocycles. The zero-order valence-corrected chi connectivity index (χ0v) is 12.3. The fourth-order valence-electron chi connectivity index (χ4n) is 2.23. The summed E-state index contributed by atoms with van der Waals surface area (Å²) in [4.78, 5) is 23.2. The van der Waals surface area contributed by atoms with E-state index in [4.69, 9.17) is 0 Å². The Bertz CT molecular complexity index is 592. The Kier molecular flexibility index (Phi) is 3.88. The largest absolute Gasteiger partial charge is 0.320 e. The van der Waals surface area contributed by atoms with Gasteiger partial charge >= 0.3 is 0 Å². The molecular formula is C15H19N3O2. The van der Waals surface area contributed by atoms with E-state index in [1.165, 1.54) is 0 Å². The van der Waals surface area contributed by atoms with Crippen LogP contribution in [0.3, 0.4) is 0 Å². The van der Waals surface area contributed by atoms with Crippen molar-refractivity contribution in [2.45, 2.75) is 40.5 Å². The van der Waals surface area contributed by atoms with E-state index in [9.17, 15) is 9.59 Å². The van der Waals surface area contributed by atoms with Gasteiger partial charge < -0.3 is 5.32 Å². The van der Waals surface area contributed by atoms with Gasteiger partial charge in [0.05, 0.1) is 0 Å². The number of hydrogen-bond acceptors (Lipinski definition) is 3. The second-order valence-corrected chi connectivity index (χ2v) is 5.18. The summed E-state index contributed by atoms with van der Waals surface area (Å²) in [5, 5.41) is 6.74. The van der Waals surface area contributed by atoms with Crippen LogP contribution in [0.5, 0.6) is 0 Å². The molecule has 0 saturated heterocycles. The number of nitrogens with zero attached hydrogens (tertiary/aromatic N) is 1. The molecule has 0 atom stereocenters. The van der Waals surface area contributed by atoms with Crippen molar-refractivity contribution in [1.29, 1.82) is 0 Å². The molecule has 2 rings (SSSR count). The Hall–Kier alpha value is -2.17. The minimum absolute atomic E-state index is 0.152. The molecule has 20 heavy (non-hydrogen) atoms. The van der Waals surface area contributed by atoms with Crippen LogP contribution in [-0.2, 0) is 9.59 Å². The van der Waals surface area contributed by atoms with Crippen molar-refractivity contribution < 1.29 is 9.59 Å². The van der Waals surface area contributed by atoms with E-state index in [2.05, 4.69) is 21.9 Å². The molecular weight excluding hydrogens is 254 g/mol. The number of nitrogens with one attached hydrogen (secondary N) is 2. The molecule has 1 heterocycles. The van der Waals surface area contributed by atoms with Gasteiger partial charge in [0.15, 0.2) is 0 Å². The number of hydrazone groups is 1. The van der Waals surface area contributed by atoms with Crippen LogP contribution >= 0.6 is 0 Å². The summed E-state index contributed by atoms with van der Waals surface area (Å²) in [6, 6.07) is 2.11. The molecule has 106 valence electrons. The first kappa shape index (κ1) is 14.2. The summed E-state index contributed by atoms with van der Waals surface area (Å²) < 4.78 is 0. The lowest BCUT2D eigenvalue weighted by Gasteiger charge is -2.17. The zero-order chi connectivity index (χ0) is 14.9. The van der Waals surface area contributed by atoms with Crippen LogP contribution in [0.25, 0.3) is 0 Å². The van der Waals surface area contributed by atoms with Gasteiger partial charge in [0.2, 0.25) is 5.91 Å². The van der Waals surface area contributed by atoms with Gasteiger partial charge in [0.25, 0.3) is 5.91 Å². The Balaban J connectivity index is 2.27. The number of rotatable bonds is 2. The van der Waals surface area contributed by atoms with E-state index in [-0.39, 0.29) is 11.8 Å². The van der Waals surface area contributed by atoms with E-state index < -0.39 is 0 Å². The van der Waals surface area contributed by atoms with Gasteiger partial charge in [-0.1, -0.05) is 6.07 Å². The molecule has 0 unspecified atom stereocenters. The Morgan fingerprint density at radius 1 is 1.15 bits per heavy atom. The average Bonchev–Trinajstić information content (AvgIpc) is 2.42. The first-order valence-electron chi connectivity index (χ1n) is 6.64. The lowest BCUT2D eigenvalue weighted by atomic mass is 9.98. The highest BCUT2D eigenvalue weighted by molar-refractivity contribution is 6.43. The van der Waals surface area contributed by atoms with Crippen LogP contribution in [0.15, 0.2) is 11.2 Å². The van der Waals surface area contributed by atoms with Crippen molar-refractivity contribution >= 4 is 23.2 Å². The van der Waals surface area contributed by atoms with Gasteiger partial charge in [0, 0.05) is 18.5 Å². The summed E-state index contributed by atoms with van der Waals surface area (Å²) in [5.74, 6) is -0.401. The molecule has 0 fully saturated rings. The normalized spacial score (nSPS) is 14.6. The van der Waals surface area contributed by atoms with Crippen LogP contribution < -0.4 is 10.7 Å². The molecule has 2 N–H and O–H groups in total. The number of amides is 2. The van der Waals surface area contributed by atoms with E-state index in [1.807, 2.05) is 27.7 Å². The minimum atomic E-state index is -0.249. The highest BCUT2D eigenvalue weighted by Gasteiger charge is 2.20. The molecule has 0 aromatic heterocycles. The van der Waals surface area contributed by atoms with E-state index in [1.54, 1.807) is 0 Å². The molecule has 0 bridgehead atoms. The monoisotopic (exact) mass is 273 g/mol. The van der Waals surface area contributed by atoms with Gasteiger partial charge in [-0.15, -0.1) is 0 Å². The Morgan fingerprint density at radius 2 is 1.75 bits per heavy atom. The smallest absolute Gasteiger partial charge is 0.271 e. The number of aryl methyl sites for hydroxylation is 2. The highest BCUT2D eigenvalue weighted by Crippen LogP contribution is 2.26. The standard InChI is InChI=1S/C15H19N3O2/c1-8-7-9(2)11(4)14(10(8)3)16-15(20)12-5-6-13(19)18-17-12/h7H,5-6H2,1-4H3,(H,16,20)(H,18,19). The quantitative estimate of drug-likeness (QED) is 0.866. The number of hydrogen-bond donors (Lipinski definition) is 2. The summed E-state index contributed by atoms with van der Waals surface area (Å²) in [7, 11) is 0. The van der Waals surface area contributed by atoms with Crippen molar-refractivity contribution in [3.8, 4) is 0 Å². The van der Waals surface area contributed by atoms with Crippen molar-refractivity contribution in [1.82, 2.24) is 5.43 Å². The van der Waals surface area contributed by atoms with Crippen LogP contribution in [0.2, 0.25) is 0 Å². The molecule has 1 aromatic rings. The predicted molar refractivity (Wildman–Crippen MR) is 78.8 cm³/mol. The van der Waals surface area contributed by atoms with Gasteiger partial charge in [0.1, 0.15) is 5.71 Å². The maximum absolute atomic E-state index is 12.2. The van der Waals surface area contributed by atoms with Crippen LogP contribution in [0.4, 0.5) is 5.69 Å². The van der Waals surface area contributed by atoms with E-state index >= 15 is 0 Å². The van der Waals surface area contributed by atoms with E-state index in [0.717, 1.165) is 27.9 Å². The average molecular weight is 273 g/mol. The Morgan fingerprint density at radius 3 is 2.25 bits per heavy atom. The van der Waals surface area contributed by atoms with Gasteiger partial charge in [-0.25, -0.2) is 5.43 Å². The maximum Gasteiger partial charge on any atom is 0.271 e. The third-order valence-corrected chi connectivity index (χ3v) is 3.77. The van der Waals surface area contributed by atoms with Crippen LogP contribution in [0.1, 0.15) is 35.1 Å². The summed E-state index contributed by atoms with van der Waals surface area (Å²) in [6.07, 6.45) is 0.678. The first-order chi connectivity index (χ1) is 9.40. The third kappa shape index (κ3) is 2.71. The summed E-state index contributed by atoms with van der Waals surface area (Å²) in [5.41, 5.74) is 7.94. The molecule has 0 spiro atoms. The number of benzene rings is 1. The SMILES string of the molecule is Cc1cc(C)c(C)c(NC(=O)C2=NNC(=O)CC2)c1C. The molecule has 2 amide bonds. The highest BCUT2D eigenvalue weighted by atomic mass is 16.2. The fraction of sp³-hybridized carbons (Fsp3) is 0.400. The maximum atomic E-state index is 12.2. The topological polar surface area (TPSA) is 70.6 Å². The molecule has 1 aromatic carbocycles. The third-order valence-electron chi connectivity index (χ3n) is 3.77. The summed E-state index contributed by atoms with van der Waals surface area (Å²) >= 11 is 0. The van der Waals surface area contributed by atoms with Crippen molar-refractivity contribution in [3.05, 3.63) is 28.3 Å². The number of carbonyl (C=O) groups is 2. The van der Waals surface area contributed by atoms with Crippen LogP contribution in [0, 0.1) is 27.7 Å². The second kappa shape index (κ2) is 5.45.